The van der Waals surface area contributed by atoms with Crippen LogP contribution < -0.4 is 51.4 Å². The van der Waals surface area contributed by atoms with Crippen molar-refractivity contribution in [2.24, 2.45) is 0 Å². The fraction of sp³-hybridized carbons (Fsp3) is 0.667. The zero-order chi connectivity index (χ0) is 5.86. The predicted octanol–water partition coefficient (Wildman–Crippen LogP) is -4.46. The van der Waals surface area contributed by atoms with Gasteiger partial charge in [0.1, 0.15) is 0 Å². The van der Waals surface area contributed by atoms with Crippen LogP contribution in [0.2, 0.25) is 0 Å². The van der Waals surface area contributed by atoms with Crippen molar-refractivity contribution in [3.05, 3.63) is 0 Å². The van der Waals surface area contributed by atoms with Gasteiger partial charge in [0.2, 0.25) is 0 Å². The molecule has 0 aromatic carbocycles. The van der Waals surface area contributed by atoms with Crippen molar-refractivity contribution in [1.29, 1.82) is 0 Å². The molecular formula is C3H7KO4Zr. The van der Waals surface area contributed by atoms with Gasteiger partial charge >= 0.3 is 57.4 Å². The minimum atomic E-state index is -1.63. The van der Waals surface area contributed by atoms with E-state index in [-0.39, 0.29) is 79.0 Å². The van der Waals surface area contributed by atoms with Gasteiger partial charge < -0.3 is 16.7 Å². The number of carboxylic acids is 1. The van der Waals surface area contributed by atoms with E-state index in [1.165, 1.54) is 0 Å². The Balaban J connectivity index is -0.0000000600. The van der Waals surface area contributed by atoms with Crippen LogP contribution in [0.15, 0.2) is 0 Å². The topological polar surface area (TPSA) is 77.8 Å². The number of carbonyl (C=O) groups is 1. The van der Waals surface area contributed by atoms with Crippen molar-refractivity contribution in [2.75, 3.05) is 6.61 Å². The Kier molecular flexibility index (Phi) is 18.9. The van der Waals surface area contributed by atoms with Crippen molar-refractivity contribution in [2.45, 2.75) is 6.10 Å². The number of aliphatic carboxylic acids is 1. The van der Waals surface area contributed by atoms with Gasteiger partial charge in [0, 0.05) is 26.2 Å². The molecule has 0 rings (SSSR count). The number of aliphatic hydroxyl groups is 2. The first kappa shape index (κ1) is 17.1. The Morgan fingerprint density at radius 3 is 2.00 bits per heavy atom. The molecule has 0 fully saturated rings. The molecule has 9 heavy (non-hydrogen) atoms. The van der Waals surface area contributed by atoms with Crippen LogP contribution in [0.5, 0.6) is 0 Å². The van der Waals surface area contributed by atoms with Crippen LogP contribution in [0.4, 0.5) is 0 Å². The molecule has 0 aliphatic carbocycles. The summed E-state index contributed by atoms with van der Waals surface area (Å²) in [4.78, 5) is 9.52. The van der Waals surface area contributed by atoms with Gasteiger partial charge in [-0.3, -0.25) is 0 Å². The van der Waals surface area contributed by atoms with Gasteiger partial charge in [-0.2, -0.15) is 0 Å². The first-order valence-corrected chi connectivity index (χ1v) is 1.70. The van der Waals surface area contributed by atoms with Crippen LogP contribution in [0.25, 0.3) is 0 Å². The number of hydrogen-bond acceptors (Lipinski definition) is 3. The fourth-order valence-electron chi connectivity index (χ4n) is 0.0781. The molecule has 3 N–H and O–H groups in total. The van der Waals surface area contributed by atoms with Crippen molar-refractivity contribution >= 4 is 5.97 Å². The quantitative estimate of drug-likeness (QED) is 0.423. The van der Waals surface area contributed by atoms with Gasteiger partial charge in [0.15, 0.2) is 6.10 Å². The summed E-state index contributed by atoms with van der Waals surface area (Å²) in [6.45, 7) is -0.727. The average Bonchev–Trinajstić information content (AvgIpc) is 1.65. The van der Waals surface area contributed by atoms with Gasteiger partial charge in [-0.05, 0) is 0 Å². The molecule has 0 aliphatic rings. The minimum absolute atomic E-state index is 0. The molecule has 6 heteroatoms. The summed E-state index contributed by atoms with van der Waals surface area (Å²) < 4.78 is 0. The van der Waals surface area contributed by atoms with Crippen molar-refractivity contribution in [3.63, 3.8) is 0 Å². The van der Waals surface area contributed by atoms with Crippen LogP contribution in [-0.2, 0) is 31.0 Å². The zero-order valence-electron chi connectivity index (χ0n) is 6.03. The molecule has 0 bridgehead atoms. The molecular weight excluding hydrogens is 230 g/mol. The van der Waals surface area contributed by atoms with Crippen molar-refractivity contribution < 1.29 is 99.1 Å². The van der Waals surface area contributed by atoms with Crippen molar-refractivity contribution in [3.8, 4) is 0 Å². The van der Waals surface area contributed by atoms with Crippen LogP contribution in [0, 0.1) is 0 Å². The van der Waals surface area contributed by atoms with E-state index in [1.54, 1.807) is 0 Å². The molecule has 48 valence electrons. The third-order valence-corrected chi connectivity index (χ3v) is 0.458. The Morgan fingerprint density at radius 2 is 2.00 bits per heavy atom. The summed E-state index contributed by atoms with van der Waals surface area (Å²) in [6, 6.07) is 0. The second-order valence-corrected chi connectivity index (χ2v) is 1.04. The molecule has 0 amide bonds. The third kappa shape index (κ3) is 9.91. The van der Waals surface area contributed by atoms with Gasteiger partial charge in [-0.15, -0.1) is 0 Å². The van der Waals surface area contributed by atoms with Gasteiger partial charge in [-0.1, -0.05) is 0 Å². The monoisotopic (exact) mass is 236 g/mol. The first-order chi connectivity index (χ1) is 3.18. The maximum atomic E-state index is 9.52. The summed E-state index contributed by atoms with van der Waals surface area (Å²) in [5, 5.41) is 23.7. The molecule has 0 saturated carbocycles. The minimum Gasteiger partial charge on any atom is -1.00 e. The summed E-state index contributed by atoms with van der Waals surface area (Å²) in [5.74, 6) is -1.40. The largest absolute Gasteiger partial charge is 1.00 e. The molecule has 0 spiro atoms. The average molecular weight is 237 g/mol. The van der Waals surface area contributed by atoms with Crippen LogP contribution in [0.1, 0.15) is 1.43 Å². The Hall–Kier alpha value is 1.91. The molecule has 0 heterocycles. The normalized spacial score (nSPS) is 10.4. The summed E-state index contributed by atoms with van der Waals surface area (Å²) in [7, 11) is 0. The molecule has 0 aromatic rings. The molecule has 1 atom stereocenters. The van der Waals surface area contributed by atoms with E-state index in [9.17, 15) is 4.79 Å². The second-order valence-electron chi connectivity index (χ2n) is 1.04. The van der Waals surface area contributed by atoms with E-state index in [0.29, 0.717) is 0 Å². The third-order valence-electron chi connectivity index (χ3n) is 0.458. The van der Waals surface area contributed by atoms with E-state index in [0.717, 1.165) is 0 Å². The standard InChI is InChI=1S/C3H6O4.K.Zr.H/c4-1-2(5)3(6)7;;;/h2,4-5H,1H2,(H,6,7);;;/q;+1;;-1. The van der Waals surface area contributed by atoms with Gasteiger partial charge in [0.05, 0.1) is 6.61 Å². The van der Waals surface area contributed by atoms with Crippen molar-refractivity contribution in [1.82, 2.24) is 0 Å². The number of carboxylic acid groups (broad SMARTS) is 1. The van der Waals surface area contributed by atoms with Crippen LogP contribution >= 0.6 is 0 Å². The zero-order valence-corrected chi connectivity index (χ0v) is 10.6. The van der Waals surface area contributed by atoms with E-state index in [1.807, 2.05) is 0 Å². The summed E-state index contributed by atoms with van der Waals surface area (Å²) >= 11 is 0. The number of aliphatic hydroxyl groups excluding tert-OH is 2. The molecule has 0 aromatic heterocycles. The number of rotatable bonds is 2. The van der Waals surface area contributed by atoms with E-state index < -0.39 is 18.7 Å². The Bertz CT molecular complexity index is 82.9. The SMILES string of the molecule is O=C(O)C(O)CO.[H-].[K+].[Zr]. The van der Waals surface area contributed by atoms with Crippen LogP contribution in [0.3, 0.4) is 0 Å². The molecule has 0 saturated heterocycles. The molecule has 4 nitrogen and oxygen atoms in total. The molecule has 0 aliphatic heterocycles. The number of hydrogen-bond donors (Lipinski definition) is 3. The van der Waals surface area contributed by atoms with Crippen LogP contribution in [-0.4, -0.2) is 34.0 Å². The maximum Gasteiger partial charge on any atom is 1.00 e. The molecule has 1 unspecified atom stereocenters. The smallest absolute Gasteiger partial charge is 1.00 e. The predicted molar refractivity (Wildman–Crippen MR) is 21.8 cm³/mol. The summed E-state index contributed by atoms with van der Waals surface area (Å²) in [6.07, 6.45) is -1.63. The van der Waals surface area contributed by atoms with E-state index >= 15 is 0 Å². The van der Waals surface area contributed by atoms with E-state index in [4.69, 9.17) is 15.3 Å². The molecule has 0 radical (unpaired) electrons. The Morgan fingerprint density at radius 1 is 1.67 bits per heavy atom. The summed E-state index contributed by atoms with van der Waals surface area (Å²) in [5.41, 5.74) is 0. The van der Waals surface area contributed by atoms with Gasteiger partial charge in [-0.25, -0.2) is 4.79 Å². The maximum absolute atomic E-state index is 9.52. The first-order valence-electron chi connectivity index (χ1n) is 1.70. The Labute approximate surface area is 116 Å². The van der Waals surface area contributed by atoms with Gasteiger partial charge in [0.25, 0.3) is 0 Å². The van der Waals surface area contributed by atoms with E-state index in [2.05, 4.69) is 0 Å². The second kappa shape index (κ2) is 9.91. The fourth-order valence-corrected chi connectivity index (χ4v) is 0.0781.